The van der Waals surface area contributed by atoms with E-state index in [2.05, 4.69) is 10.3 Å². The van der Waals surface area contributed by atoms with Gasteiger partial charge in [-0.1, -0.05) is 49.1 Å². The monoisotopic (exact) mass is 498 g/mol. The quantitative estimate of drug-likeness (QED) is 0.379. The molecule has 0 aliphatic carbocycles. The van der Waals surface area contributed by atoms with Crippen molar-refractivity contribution in [2.24, 2.45) is 0 Å². The highest BCUT2D eigenvalue weighted by molar-refractivity contribution is 8.26. The summed E-state index contributed by atoms with van der Waals surface area (Å²) in [6, 6.07) is 9.16. The molecule has 0 spiro atoms. The summed E-state index contributed by atoms with van der Waals surface area (Å²) in [5, 5.41) is 12.8. The fourth-order valence-electron chi connectivity index (χ4n) is 3.56. The minimum absolute atomic E-state index is 0.134. The molecule has 1 aliphatic rings. The lowest BCUT2D eigenvalue weighted by Crippen LogP contribution is -2.28. The van der Waals surface area contributed by atoms with Crippen LogP contribution in [0.4, 0.5) is 10.2 Å². The normalized spacial score (nSPS) is 16.0. The molecule has 3 aromatic rings. The van der Waals surface area contributed by atoms with Gasteiger partial charge in [-0.2, -0.15) is 0 Å². The van der Waals surface area contributed by atoms with Crippen molar-refractivity contribution in [3.8, 4) is 0 Å². The number of benzene rings is 1. The Labute approximate surface area is 205 Å². The van der Waals surface area contributed by atoms with Gasteiger partial charge in [0, 0.05) is 6.20 Å². The molecule has 2 aromatic heterocycles. The molecule has 176 valence electrons. The maximum Gasteiger partial charge on any atom is 0.267 e. The van der Waals surface area contributed by atoms with Crippen molar-refractivity contribution in [2.75, 3.05) is 11.9 Å². The van der Waals surface area contributed by atoms with Crippen molar-refractivity contribution >= 4 is 51.7 Å². The maximum atomic E-state index is 13.4. The van der Waals surface area contributed by atoms with Crippen molar-refractivity contribution in [3.05, 3.63) is 80.4 Å². The number of aliphatic hydroxyl groups excluding tert-OH is 1. The van der Waals surface area contributed by atoms with Crippen molar-refractivity contribution < 1.29 is 14.3 Å². The number of amides is 1. The fraction of sp³-hybridized carbons (Fsp3) is 0.250. The number of fused-ring (bicyclic) bond motifs is 1. The largest absolute Gasteiger partial charge is 0.394 e. The van der Waals surface area contributed by atoms with Crippen LogP contribution in [0.2, 0.25) is 0 Å². The molecule has 0 radical (unpaired) electrons. The number of carbonyl (C=O) groups is 1. The van der Waals surface area contributed by atoms with Gasteiger partial charge in [0.05, 0.1) is 29.7 Å². The number of hydrogen-bond donors (Lipinski definition) is 2. The van der Waals surface area contributed by atoms with E-state index in [1.54, 1.807) is 24.4 Å². The molecule has 1 aliphatic heterocycles. The second-order valence-electron chi connectivity index (χ2n) is 7.89. The van der Waals surface area contributed by atoms with Gasteiger partial charge in [-0.05, 0) is 48.7 Å². The van der Waals surface area contributed by atoms with Crippen LogP contribution in [0.3, 0.4) is 0 Å². The molecule has 34 heavy (non-hydrogen) atoms. The van der Waals surface area contributed by atoms with Crippen LogP contribution >= 0.6 is 24.0 Å². The van der Waals surface area contributed by atoms with Crippen molar-refractivity contribution in [2.45, 2.75) is 32.9 Å². The van der Waals surface area contributed by atoms with Crippen molar-refractivity contribution in [3.63, 3.8) is 0 Å². The number of nitrogens with zero attached hydrogens (tertiary/aromatic N) is 3. The lowest BCUT2D eigenvalue weighted by molar-refractivity contribution is -0.122. The highest BCUT2D eigenvalue weighted by atomic mass is 32.2. The van der Waals surface area contributed by atoms with E-state index >= 15 is 0 Å². The summed E-state index contributed by atoms with van der Waals surface area (Å²) >= 11 is 6.51. The summed E-state index contributed by atoms with van der Waals surface area (Å²) < 4.78 is 15.0. The van der Waals surface area contributed by atoms with Gasteiger partial charge in [-0.3, -0.25) is 18.9 Å². The molecule has 3 heterocycles. The molecule has 4 rings (SSSR count). The Morgan fingerprint density at radius 3 is 2.68 bits per heavy atom. The summed E-state index contributed by atoms with van der Waals surface area (Å²) in [4.78, 5) is 32.9. The lowest BCUT2D eigenvalue weighted by Gasteiger charge is -2.17. The Morgan fingerprint density at radius 1 is 1.26 bits per heavy atom. The highest BCUT2D eigenvalue weighted by Gasteiger charge is 2.33. The number of rotatable bonds is 7. The van der Waals surface area contributed by atoms with Gasteiger partial charge >= 0.3 is 0 Å². The molecule has 0 bridgehead atoms. The summed E-state index contributed by atoms with van der Waals surface area (Å²) in [7, 11) is 0. The standard InChI is InChI=1S/C24H23FN4O3S2/c1-3-17(13-30)26-20-18(22(31)28-10-4-5-14(2)21(28)27-20)11-19-23(32)29(24(33)34-19)12-15-6-8-16(25)9-7-15/h4-11,17,26,30H,3,12-13H2,1-2H3/b19-11+/t17-/m0/s1. The molecule has 1 amide bonds. The predicted octanol–water partition coefficient (Wildman–Crippen LogP) is 3.73. The highest BCUT2D eigenvalue weighted by Crippen LogP contribution is 2.34. The number of carbonyl (C=O) groups excluding carboxylic acids is 1. The minimum Gasteiger partial charge on any atom is -0.394 e. The first-order chi connectivity index (χ1) is 16.3. The molecule has 0 unspecified atom stereocenters. The van der Waals surface area contributed by atoms with Gasteiger partial charge in [0.15, 0.2) is 0 Å². The van der Waals surface area contributed by atoms with Gasteiger partial charge in [0.1, 0.15) is 21.6 Å². The molecule has 0 saturated carbocycles. The lowest BCUT2D eigenvalue weighted by atomic mass is 10.2. The van der Waals surface area contributed by atoms with Gasteiger partial charge in [-0.25, -0.2) is 9.37 Å². The Kier molecular flexibility index (Phi) is 7.11. The smallest absolute Gasteiger partial charge is 0.267 e. The van der Waals surface area contributed by atoms with E-state index in [1.807, 2.05) is 19.9 Å². The van der Waals surface area contributed by atoms with E-state index in [1.165, 1.54) is 27.5 Å². The van der Waals surface area contributed by atoms with Crippen LogP contribution in [0, 0.1) is 12.7 Å². The summed E-state index contributed by atoms with van der Waals surface area (Å²) in [6.45, 7) is 3.83. The molecule has 7 nitrogen and oxygen atoms in total. The zero-order chi connectivity index (χ0) is 24.4. The Hall–Kier alpha value is -3.08. The van der Waals surface area contributed by atoms with Gasteiger partial charge in [0.2, 0.25) is 0 Å². The van der Waals surface area contributed by atoms with Crippen molar-refractivity contribution in [1.82, 2.24) is 14.3 Å². The topological polar surface area (TPSA) is 86.9 Å². The molecule has 1 fully saturated rings. The van der Waals surface area contributed by atoms with E-state index in [-0.39, 0.29) is 42.0 Å². The predicted molar refractivity (Wildman–Crippen MR) is 136 cm³/mol. The molecule has 1 atom stereocenters. The van der Waals surface area contributed by atoms with Crippen LogP contribution < -0.4 is 10.9 Å². The van der Waals surface area contributed by atoms with E-state index in [0.717, 1.165) is 22.9 Å². The first kappa shape index (κ1) is 24.1. The van der Waals surface area contributed by atoms with Crippen molar-refractivity contribution in [1.29, 1.82) is 0 Å². The van der Waals surface area contributed by atoms with Crippen LogP contribution in [0.5, 0.6) is 0 Å². The number of thiocarbonyl (C=S) groups is 1. The van der Waals surface area contributed by atoms with Crippen LogP contribution in [0.25, 0.3) is 11.7 Å². The first-order valence-electron chi connectivity index (χ1n) is 10.7. The third-order valence-corrected chi connectivity index (χ3v) is 6.92. The number of thioether (sulfide) groups is 1. The molecule has 1 saturated heterocycles. The Morgan fingerprint density at radius 2 is 2.00 bits per heavy atom. The number of aromatic nitrogens is 2. The van der Waals surface area contributed by atoms with Crippen LogP contribution in [0.15, 0.2) is 52.3 Å². The fourth-order valence-corrected chi connectivity index (χ4v) is 4.80. The number of anilines is 1. The second-order valence-corrected chi connectivity index (χ2v) is 9.57. The van der Waals surface area contributed by atoms with Gasteiger partial charge in [-0.15, -0.1) is 0 Å². The first-order valence-corrected chi connectivity index (χ1v) is 11.9. The van der Waals surface area contributed by atoms with E-state index in [9.17, 15) is 19.1 Å². The third-order valence-electron chi connectivity index (χ3n) is 5.54. The average molecular weight is 499 g/mol. The SMILES string of the molecule is CC[C@@H](CO)Nc1nc2c(C)cccn2c(=O)c1/C=C1/SC(=S)N(Cc2ccc(F)cc2)C1=O. The maximum absolute atomic E-state index is 13.4. The van der Waals surface area contributed by atoms with Gasteiger partial charge < -0.3 is 10.4 Å². The average Bonchev–Trinajstić information content (AvgIpc) is 3.09. The minimum atomic E-state index is -0.359. The number of aryl methyl sites for hydroxylation is 1. The van der Waals surface area contributed by atoms with Crippen LogP contribution in [0.1, 0.15) is 30.0 Å². The molecule has 2 N–H and O–H groups in total. The number of hydrogen-bond acceptors (Lipinski definition) is 7. The molecular formula is C24H23FN4O3S2. The number of nitrogens with one attached hydrogen (secondary N) is 1. The third kappa shape index (κ3) is 4.75. The van der Waals surface area contributed by atoms with E-state index in [0.29, 0.717) is 27.1 Å². The molecular weight excluding hydrogens is 475 g/mol. The summed E-state index contributed by atoms with van der Waals surface area (Å²) in [5.74, 6) is -0.404. The zero-order valence-electron chi connectivity index (χ0n) is 18.6. The number of pyridine rings is 1. The Balaban J connectivity index is 1.76. The van der Waals surface area contributed by atoms with Gasteiger partial charge in [0.25, 0.3) is 11.5 Å². The summed E-state index contributed by atoms with van der Waals surface area (Å²) in [5.41, 5.74) is 1.91. The molecule has 10 heteroatoms. The molecule has 1 aromatic carbocycles. The van der Waals surface area contributed by atoms with E-state index in [4.69, 9.17) is 12.2 Å². The van der Waals surface area contributed by atoms with E-state index < -0.39 is 0 Å². The second kappa shape index (κ2) is 10.0. The number of halogens is 1. The van der Waals surface area contributed by atoms with Crippen LogP contribution in [-0.4, -0.2) is 42.3 Å². The number of aliphatic hydroxyl groups is 1. The van der Waals surface area contributed by atoms with Crippen LogP contribution in [-0.2, 0) is 11.3 Å². The summed E-state index contributed by atoms with van der Waals surface area (Å²) in [6.07, 6.45) is 3.74. The Bertz CT molecular complexity index is 1350. The zero-order valence-corrected chi connectivity index (χ0v) is 20.3.